The van der Waals surface area contributed by atoms with Crippen LogP contribution in [0, 0.1) is 0 Å². The number of hydrogen-bond acceptors (Lipinski definition) is 5. The number of thioether (sulfide) groups is 1. The Hall–Kier alpha value is -2.75. The maximum atomic E-state index is 13.7. The summed E-state index contributed by atoms with van der Waals surface area (Å²) < 4.78 is 13.1. The van der Waals surface area contributed by atoms with Crippen molar-refractivity contribution in [2.24, 2.45) is 4.99 Å². The minimum absolute atomic E-state index is 0.129. The second-order valence-corrected chi connectivity index (χ2v) is 12.3. The molecule has 41 heavy (non-hydrogen) atoms. The molecule has 0 spiro atoms. The molecule has 1 amide bonds. The van der Waals surface area contributed by atoms with Gasteiger partial charge in [0.1, 0.15) is 6.61 Å². The van der Waals surface area contributed by atoms with Crippen LogP contribution in [0.3, 0.4) is 0 Å². The number of ether oxygens (including phenoxy) is 2. The van der Waals surface area contributed by atoms with Crippen molar-refractivity contribution < 1.29 is 14.3 Å². The van der Waals surface area contributed by atoms with Gasteiger partial charge in [0, 0.05) is 4.47 Å². The molecule has 0 atom stereocenters. The molecule has 0 saturated carbocycles. The van der Waals surface area contributed by atoms with Crippen LogP contribution in [0.15, 0.2) is 104 Å². The lowest BCUT2D eigenvalue weighted by Crippen LogP contribution is -2.28. The first-order valence-electron chi connectivity index (χ1n) is 12.4. The van der Waals surface area contributed by atoms with Gasteiger partial charge in [-0.15, -0.1) is 0 Å². The number of halogens is 4. The molecule has 1 heterocycles. The predicted octanol–water partition coefficient (Wildman–Crippen LogP) is 9.91. The normalized spacial score (nSPS) is 15.1. The topological polar surface area (TPSA) is 51.1 Å². The molecule has 1 aliphatic heterocycles. The fourth-order valence-corrected chi connectivity index (χ4v) is 6.29. The molecule has 0 N–H and O–H groups in total. The van der Waals surface area contributed by atoms with Crippen molar-refractivity contribution in [2.45, 2.75) is 13.2 Å². The highest BCUT2D eigenvalue weighted by Gasteiger charge is 2.34. The number of amides is 1. The summed E-state index contributed by atoms with van der Waals surface area (Å²) in [7, 11) is 1.57. The third kappa shape index (κ3) is 7.01. The summed E-state index contributed by atoms with van der Waals surface area (Å²) in [6.45, 7) is 0.659. The van der Waals surface area contributed by atoms with Crippen LogP contribution in [0.25, 0.3) is 6.08 Å². The van der Waals surface area contributed by atoms with Crippen LogP contribution in [0.4, 0.5) is 5.69 Å². The van der Waals surface area contributed by atoms with Crippen LogP contribution in [0.5, 0.6) is 11.5 Å². The lowest BCUT2D eigenvalue weighted by molar-refractivity contribution is -0.122. The van der Waals surface area contributed by atoms with Crippen molar-refractivity contribution >= 4 is 89.7 Å². The number of benzene rings is 4. The zero-order chi connectivity index (χ0) is 28.9. The smallest absolute Gasteiger partial charge is 0.267 e. The van der Waals surface area contributed by atoms with E-state index < -0.39 is 0 Å². The van der Waals surface area contributed by atoms with E-state index in [1.807, 2.05) is 78.9 Å². The van der Waals surface area contributed by atoms with Crippen LogP contribution in [0.1, 0.15) is 16.7 Å². The summed E-state index contributed by atoms with van der Waals surface area (Å²) in [5.74, 6) is 0.882. The van der Waals surface area contributed by atoms with Crippen molar-refractivity contribution in [3.05, 3.63) is 126 Å². The van der Waals surface area contributed by atoms with Gasteiger partial charge in [-0.2, -0.15) is 0 Å². The van der Waals surface area contributed by atoms with Gasteiger partial charge in [-0.25, -0.2) is 4.99 Å². The average molecular weight is 733 g/mol. The highest BCUT2D eigenvalue weighted by Crippen LogP contribution is 2.45. The Kier molecular flexibility index (Phi) is 9.78. The van der Waals surface area contributed by atoms with Gasteiger partial charge in [-0.05, 0) is 96.7 Å². The van der Waals surface area contributed by atoms with Gasteiger partial charge in [0.05, 0.1) is 38.8 Å². The van der Waals surface area contributed by atoms with Gasteiger partial charge in [0.15, 0.2) is 16.7 Å². The fraction of sp³-hybridized carbons (Fsp3) is 0.0968. The molecule has 0 aliphatic carbocycles. The Morgan fingerprint density at radius 1 is 0.902 bits per heavy atom. The molecule has 0 unspecified atom stereocenters. The zero-order valence-corrected chi connectivity index (χ0v) is 27.1. The Morgan fingerprint density at radius 2 is 1.61 bits per heavy atom. The van der Waals surface area contributed by atoms with E-state index in [2.05, 4.69) is 31.9 Å². The monoisotopic (exact) mass is 730 g/mol. The Morgan fingerprint density at radius 3 is 2.29 bits per heavy atom. The van der Waals surface area contributed by atoms with Crippen molar-refractivity contribution in [2.75, 3.05) is 7.11 Å². The molecule has 1 fully saturated rings. The first-order valence-corrected chi connectivity index (χ1v) is 15.5. The molecule has 1 saturated heterocycles. The molecule has 0 bridgehead atoms. The summed E-state index contributed by atoms with van der Waals surface area (Å²) in [6, 6.07) is 26.6. The van der Waals surface area contributed by atoms with Gasteiger partial charge in [-0.3, -0.25) is 9.69 Å². The Bertz CT molecular complexity index is 1650. The number of carbonyl (C=O) groups is 1. The van der Waals surface area contributed by atoms with Crippen molar-refractivity contribution in [3.63, 3.8) is 0 Å². The summed E-state index contributed by atoms with van der Waals surface area (Å²) >= 11 is 20.9. The van der Waals surface area contributed by atoms with Crippen LogP contribution in [-0.4, -0.2) is 23.1 Å². The van der Waals surface area contributed by atoms with E-state index in [1.54, 1.807) is 24.1 Å². The van der Waals surface area contributed by atoms with Crippen LogP contribution in [0.2, 0.25) is 10.0 Å². The molecular formula is C31H22Br2Cl2N2O3S. The molecular weight excluding hydrogens is 711 g/mol. The minimum atomic E-state index is -0.129. The molecule has 10 heteroatoms. The second kappa shape index (κ2) is 13.5. The van der Waals surface area contributed by atoms with Crippen LogP contribution in [-0.2, 0) is 17.9 Å². The SMILES string of the molecule is COc1cc(/C=C2\SC(=Nc3ccccc3)N(Cc3ccccc3)C2=O)c(Br)c(Br)c1OCc1ccc(Cl)c(Cl)c1. The predicted molar refractivity (Wildman–Crippen MR) is 175 cm³/mol. The highest BCUT2D eigenvalue weighted by molar-refractivity contribution is 9.13. The van der Waals surface area contributed by atoms with E-state index in [4.69, 9.17) is 37.7 Å². The van der Waals surface area contributed by atoms with Crippen LogP contribution < -0.4 is 9.47 Å². The van der Waals surface area contributed by atoms with E-state index in [-0.39, 0.29) is 12.5 Å². The van der Waals surface area contributed by atoms with Crippen LogP contribution >= 0.6 is 66.8 Å². The van der Waals surface area contributed by atoms with Crippen molar-refractivity contribution in [1.82, 2.24) is 4.90 Å². The van der Waals surface area contributed by atoms with Gasteiger partial charge in [-0.1, -0.05) is 77.8 Å². The summed E-state index contributed by atoms with van der Waals surface area (Å²) in [4.78, 5) is 20.7. The molecule has 5 rings (SSSR count). The first kappa shape index (κ1) is 29.7. The number of hydrogen-bond donors (Lipinski definition) is 0. The van der Waals surface area contributed by atoms with Gasteiger partial charge in [0.25, 0.3) is 5.91 Å². The average Bonchev–Trinajstić information content (AvgIpc) is 3.26. The lowest BCUT2D eigenvalue weighted by atomic mass is 10.1. The third-order valence-corrected chi connectivity index (χ3v) is 9.97. The standard InChI is InChI=1S/C31H22Br2Cl2N2O3S/c1-39-25-15-21(27(32)28(33)29(25)40-18-20-12-13-23(34)24(35)14-20)16-26-30(38)37(17-19-8-4-2-5-9-19)31(41-26)36-22-10-6-3-7-11-22/h2-16H,17-18H2,1H3/b26-16-,36-31?. The van der Waals surface area contributed by atoms with Crippen molar-refractivity contribution in [1.29, 1.82) is 0 Å². The van der Waals surface area contributed by atoms with E-state index in [1.165, 1.54) is 11.8 Å². The highest BCUT2D eigenvalue weighted by atomic mass is 79.9. The van der Waals surface area contributed by atoms with E-state index in [0.29, 0.717) is 47.1 Å². The van der Waals surface area contributed by atoms with Gasteiger partial charge >= 0.3 is 0 Å². The Balaban J connectivity index is 1.46. The third-order valence-electron chi connectivity index (χ3n) is 6.08. The molecule has 0 aromatic heterocycles. The number of nitrogens with zero attached hydrogens (tertiary/aromatic N) is 2. The molecule has 4 aromatic carbocycles. The second-order valence-electron chi connectivity index (χ2n) is 8.88. The number of carbonyl (C=O) groups excluding carboxylic acids is 1. The lowest BCUT2D eigenvalue weighted by Gasteiger charge is -2.16. The van der Waals surface area contributed by atoms with Gasteiger partial charge < -0.3 is 9.47 Å². The van der Waals surface area contributed by atoms with Crippen molar-refractivity contribution in [3.8, 4) is 11.5 Å². The molecule has 1 aliphatic rings. The summed E-state index contributed by atoms with van der Waals surface area (Å²) in [5, 5.41) is 1.55. The number of methoxy groups -OCH3 is 1. The van der Waals surface area contributed by atoms with E-state index in [9.17, 15) is 4.79 Å². The quantitative estimate of drug-likeness (QED) is 0.169. The largest absolute Gasteiger partial charge is 0.493 e. The zero-order valence-electron chi connectivity index (χ0n) is 21.6. The summed E-state index contributed by atoms with van der Waals surface area (Å²) in [6.07, 6.45) is 1.83. The minimum Gasteiger partial charge on any atom is -0.493 e. The number of amidine groups is 1. The first-order chi connectivity index (χ1) is 19.8. The van der Waals surface area contributed by atoms with E-state index >= 15 is 0 Å². The summed E-state index contributed by atoms with van der Waals surface area (Å²) in [5.41, 5.74) is 3.38. The molecule has 4 aromatic rings. The van der Waals surface area contributed by atoms with Gasteiger partial charge in [0.2, 0.25) is 0 Å². The molecule has 0 radical (unpaired) electrons. The number of rotatable bonds is 8. The fourth-order valence-electron chi connectivity index (χ4n) is 4.03. The maximum Gasteiger partial charge on any atom is 0.267 e. The molecule has 208 valence electrons. The Labute approximate surface area is 269 Å². The van der Waals surface area contributed by atoms with E-state index in [0.717, 1.165) is 22.4 Å². The number of para-hydroxylation sites is 1. The number of aliphatic imine (C=N–C) groups is 1. The molecule has 5 nitrogen and oxygen atoms in total. The maximum absolute atomic E-state index is 13.7.